The Kier molecular flexibility index (Phi) is 2.87. The zero-order valence-electron chi connectivity index (χ0n) is 8.62. The average Bonchev–Trinajstić information content (AvgIpc) is 3.05. The van der Waals surface area contributed by atoms with Crippen LogP contribution in [0.1, 0.15) is 31.7 Å². The lowest BCUT2D eigenvalue weighted by Crippen LogP contribution is -1.92. The van der Waals surface area contributed by atoms with Crippen molar-refractivity contribution in [3.05, 3.63) is 47.2 Å². The third-order valence-corrected chi connectivity index (χ3v) is 2.47. The van der Waals surface area contributed by atoms with Crippen molar-refractivity contribution in [1.82, 2.24) is 0 Å². The third-order valence-electron chi connectivity index (χ3n) is 2.47. The molecule has 1 saturated carbocycles. The maximum Gasteiger partial charge on any atom is 0.113 e. The van der Waals surface area contributed by atoms with Gasteiger partial charge in [0.05, 0.1) is 5.76 Å². The molecule has 2 rings (SSSR count). The quantitative estimate of drug-likeness (QED) is 0.655. The van der Waals surface area contributed by atoms with E-state index in [1.165, 1.54) is 29.7 Å². The van der Waals surface area contributed by atoms with Crippen LogP contribution in [0.4, 0.5) is 0 Å². The summed E-state index contributed by atoms with van der Waals surface area (Å²) in [4.78, 5) is 0. The minimum absolute atomic E-state index is 0.716. The van der Waals surface area contributed by atoms with Gasteiger partial charge in [0.2, 0.25) is 0 Å². The Morgan fingerprint density at radius 2 is 1.93 bits per heavy atom. The number of allylic oxidation sites excluding steroid dienone is 2. The Bertz CT molecular complexity index is 318. The molecule has 0 spiro atoms. The SMILES string of the molecule is CCC(OCc1ccccc1)=C1CC1. The van der Waals surface area contributed by atoms with Crippen molar-refractivity contribution in [3.63, 3.8) is 0 Å². The number of rotatable bonds is 4. The highest BCUT2D eigenvalue weighted by Crippen LogP contribution is 2.33. The molecule has 0 N–H and O–H groups in total. The van der Waals surface area contributed by atoms with E-state index in [0.717, 1.165) is 6.42 Å². The highest BCUT2D eigenvalue weighted by Gasteiger charge is 2.17. The van der Waals surface area contributed by atoms with Gasteiger partial charge in [-0.1, -0.05) is 37.3 Å². The lowest BCUT2D eigenvalue weighted by Gasteiger charge is -2.08. The van der Waals surface area contributed by atoms with Crippen LogP contribution in [0.3, 0.4) is 0 Å². The first kappa shape index (κ1) is 9.32. The highest BCUT2D eigenvalue weighted by atomic mass is 16.5. The summed E-state index contributed by atoms with van der Waals surface area (Å²) in [5.74, 6) is 1.22. The summed E-state index contributed by atoms with van der Waals surface area (Å²) in [6.45, 7) is 2.87. The summed E-state index contributed by atoms with van der Waals surface area (Å²) in [6, 6.07) is 10.3. The van der Waals surface area contributed by atoms with Crippen LogP contribution in [0.25, 0.3) is 0 Å². The molecule has 0 unspecified atom stereocenters. The van der Waals surface area contributed by atoms with Gasteiger partial charge >= 0.3 is 0 Å². The third kappa shape index (κ3) is 2.38. The second kappa shape index (κ2) is 4.32. The van der Waals surface area contributed by atoms with Crippen molar-refractivity contribution in [2.45, 2.75) is 32.8 Å². The number of benzene rings is 1. The van der Waals surface area contributed by atoms with Crippen molar-refractivity contribution in [3.8, 4) is 0 Å². The van der Waals surface area contributed by atoms with E-state index in [0.29, 0.717) is 6.61 Å². The van der Waals surface area contributed by atoms with Gasteiger partial charge in [-0.15, -0.1) is 0 Å². The van der Waals surface area contributed by atoms with Crippen LogP contribution in [0.15, 0.2) is 41.7 Å². The fourth-order valence-electron chi connectivity index (χ4n) is 1.54. The van der Waals surface area contributed by atoms with Gasteiger partial charge in [0, 0.05) is 6.42 Å². The van der Waals surface area contributed by atoms with Crippen LogP contribution in [0.2, 0.25) is 0 Å². The van der Waals surface area contributed by atoms with Crippen LogP contribution < -0.4 is 0 Å². The smallest absolute Gasteiger partial charge is 0.113 e. The highest BCUT2D eigenvalue weighted by molar-refractivity contribution is 5.21. The maximum atomic E-state index is 5.78. The van der Waals surface area contributed by atoms with E-state index in [1.54, 1.807) is 0 Å². The van der Waals surface area contributed by atoms with Gasteiger partial charge in [0.15, 0.2) is 0 Å². The van der Waals surface area contributed by atoms with E-state index < -0.39 is 0 Å². The van der Waals surface area contributed by atoms with Crippen LogP contribution in [-0.2, 0) is 11.3 Å². The Hall–Kier alpha value is -1.24. The fourth-order valence-corrected chi connectivity index (χ4v) is 1.54. The molecule has 14 heavy (non-hydrogen) atoms. The Morgan fingerprint density at radius 1 is 1.21 bits per heavy atom. The second-order valence-corrected chi connectivity index (χ2v) is 3.65. The van der Waals surface area contributed by atoms with Crippen molar-refractivity contribution in [1.29, 1.82) is 0 Å². The first-order valence-corrected chi connectivity index (χ1v) is 5.27. The summed E-state index contributed by atoms with van der Waals surface area (Å²) in [5.41, 5.74) is 2.77. The summed E-state index contributed by atoms with van der Waals surface area (Å²) < 4.78 is 5.78. The molecule has 0 saturated heterocycles. The predicted octanol–water partition coefficient (Wildman–Crippen LogP) is 3.66. The lowest BCUT2D eigenvalue weighted by molar-refractivity contribution is 0.189. The van der Waals surface area contributed by atoms with Gasteiger partial charge in [-0.3, -0.25) is 0 Å². The lowest BCUT2D eigenvalue weighted by atomic mass is 10.2. The van der Waals surface area contributed by atoms with E-state index in [1.807, 2.05) is 6.07 Å². The van der Waals surface area contributed by atoms with Gasteiger partial charge in [-0.05, 0) is 24.0 Å². The molecule has 0 radical (unpaired) electrons. The summed E-state index contributed by atoms with van der Waals surface area (Å²) in [5, 5.41) is 0. The molecule has 0 aliphatic heterocycles. The zero-order chi connectivity index (χ0) is 9.80. The van der Waals surface area contributed by atoms with Crippen LogP contribution >= 0.6 is 0 Å². The maximum absolute atomic E-state index is 5.78. The molecule has 1 aliphatic carbocycles. The largest absolute Gasteiger partial charge is 0.493 e. The van der Waals surface area contributed by atoms with Crippen molar-refractivity contribution >= 4 is 0 Å². The molecule has 0 amide bonds. The van der Waals surface area contributed by atoms with Crippen LogP contribution in [0, 0.1) is 0 Å². The topological polar surface area (TPSA) is 9.23 Å². The van der Waals surface area contributed by atoms with Crippen molar-refractivity contribution < 1.29 is 4.74 Å². The summed E-state index contributed by atoms with van der Waals surface area (Å²) in [7, 11) is 0. The zero-order valence-corrected chi connectivity index (χ0v) is 8.62. The van der Waals surface area contributed by atoms with Crippen LogP contribution in [-0.4, -0.2) is 0 Å². The fraction of sp³-hybridized carbons (Fsp3) is 0.385. The molecule has 1 aliphatic rings. The number of ether oxygens (including phenoxy) is 1. The van der Waals surface area contributed by atoms with E-state index in [9.17, 15) is 0 Å². The Morgan fingerprint density at radius 3 is 2.50 bits per heavy atom. The van der Waals surface area contributed by atoms with E-state index in [4.69, 9.17) is 4.74 Å². The summed E-state index contributed by atoms with van der Waals surface area (Å²) >= 11 is 0. The van der Waals surface area contributed by atoms with E-state index in [-0.39, 0.29) is 0 Å². The minimum Gasteiger partial charge on any atom is -0.493 e. The van der Waals surface area contributed by atoms with Crippen molar-refractivity contribution in [2.24, 2.45) is 0 Å². The number of hydrogen-bond acceptors (Lipinski definition) is 1. The second-order valence-electron chi connectivity index (χ2n) is 3.65. The standard InChI is InChI=1S/C13H16O/c1-2-13(12-8-9-12)14-10-11-6-4-3-5-7-11/h3-7H,2,8-10H2,1H3. The molecule has 1 fully saturated rings. The van der Waals surface area contributed by atoms with Crippen LogP contribution in [0.5, 0.6) is 0 Å². The monoisotopic (exact) mass is 188 g/mol. The molecule has 1 heteroatoms. The molecule has 1 aromatic carbocycles. The van der Waals surface area contributed by atoms with E-state index in [2.05, 4.69) is 31.2 Å². The van der Waals surface area contributed by atoms with Gasteiger partial charge in [-0.25, -0.2) is 0 Å². The first-order valence-electron chi connectivity index (χ1n) is 5.27. The molecule has 1 aromatic rings. The molecule has 1 nitrogen and oxygen atoms in total. The molecule has 74 valence electrons. The average molecular weight is 188 g/mol. The number of hydrogen-bond donors (Lipinski definition) is 0. The Labute approximate surface area is 85.4 Å². The normalized spacial score (nSPS) is 13.9. The van der Waals surface area contributed by atoms with E-state index >= 15 is 0 Å². The molecule has 0 aromatic heterocycles. The Balaban J connectivity index is 1.91. The summed E-state index contributed by atoms with van der Waals surface area (Å²) in [6.07, 6.45) is 3.53. The minimum atomic E-state index is 0.716. The van der Waals surface area contributed by atoms with Gasteiger partial charge in [0.25, 0.3) is 0 Å². The molecule has 0 heterocycles. The van der Waals surface area contributed by atoms with Gasteiger partial charge in [-0.2, -0.15) is 0 Å². The molecular weight excluding hydrogens is 172 g/mol. The predicted molar refractivity (Wildman–Crippen MR) is 57.8 cm³/mol. The molecule has 0 bridgehead atoms. The van der Waals surface area contributed by atoms with Gasteiger partial charge < -0.3 is 4.74 Å². The van der Waals surface area contributed by atoms with Gasteiger partial charge in [0.1, 0.15) is 6.61 Å². The molecular formula is C13H16O. The molecule has 0 atom stereocenters. The first-order chi connectivity index (χ1) is 6.90. The van der Waals surface area contributed by atoms with Crippen molar-refractivity contribution in [2.75, 3.05) is 0 Å².